The van der Waals surface area contributed by atoms with Gasteiger partial charge < -0.3 is 62.6 Å². The molecule has 14 heterocycles. The number of nitrogens with two attached hydrogens (primary N) is 2. The molecule has 7 amide bonds. The van der Waals surface area contributed by atoms with Gasteiger partial charge in [0.1, 0.15) is 87.4 Å². The van der Waals surface area contributed by atoms with Crippen molar-refractivity contribution >= 4 is 155 Å². The minimum absolute atomic E-state index is 0.0192. The molecule has 11 N–H and O–H groups in total. The summed E-state index contributed by atoms with van der Waals surface area (Å²) in [5.41, 5.74) is 9.79. The second kappa shape index (κ2) is 37.6. The zero-order valence-corrected chi connectivity index (χ0v) is 76.5. The van der Waals surface area contributed by atoms with E-state index < -0.39 is 86.5 Å². The molecule has 0 fully saturated rings. The Morgan fingerprint density at radius 1 is 0.457 bits per heavy atom. The smallest absolute Gasteiger partial charge is 0.411 e. The van der Waals surface area contributed by atoms with Crippen molar-refractivity contribution in [3.63, 3.8) is 0 Å². The number of ketones is 1. The molecule has 7 aromatic heterocycles. The average molecular weight is 1960 g/mol. The average Bonchev–Trinajstić information content (AvgIpc) is 1.57. The maximum atomic E-state index is 13.8. The first-order valence-corrected chi connectivity index (χ1v) is 42.6. The van der Waals surface area contributed by atoms with Gasteiger partial charge in [0.2, 0.25) is 0 Å². The van der Waals surface area contributed by atoms with E-state index in [1.54, 1.807) is 78.2 Å². The molecule has 11 aromatic rings. The summed E-state index contributed by atoms with van der Waals surface area (Å²) in [5, 5.41) is 18.6. The third-order valence-corrected chi connectivity index (χ3v) is 22.6. The zero-order valence-electron chi connectivity index (χ0n) is 70.3. The fraction of sp³-hybridized carbons (Fsp3) is 0.264. The summed E-state index contributed by atoms with van der Waals surface area (Å²) < 4.78 is 21.0. The van der Waals surface area contributed by atoms with E-state index in [9.17, 15) is 57.5 Å². The molecule has 129 heavy (non-hydrogen) atoms. The normalized spacial score (nSPS) is 17.4. The molecule has 42 heteroatoms. The van der Waals surface area contributed by atoms with Crippen LogP contribution in [0.5, 0.6) is 0 Å². The SMILES string of the molecule is CC(C)(C)OC(=O)N1CC(=O)c2ccccc2C1.CC(C)(C)OC(=O)N1Cc2ccccc2C2(C1)NC(=O)c1c(Cl)cc(Br)c(=O)n12.CC(C)(C)OC(=O)N1Cc2ccccc2C2(C1)NC(=O)c1c(Cl)cc(Nc3ccncn3)c(=O)n12.NC(=O)c1[nH]c(=O)c(Br)cc1Cl.Nc1ccncn1.O=C1NC2(CNCc3ccccc32)n2c1c(Cl)cc(Nc1ccncn1)c2=O. The molecule has 4 aromatic carbocycles. The number of aromatic nitrogens is 10. The highest BCUT2D eigenvalue weighted by molar-refractivity contribution is 9.10. The summed E-state index contributed by atoms with van der Waals surface area (Å²) in [4.78, 5) is 180. The Morgan fingerprint density at radius 2 is 0.845 bits per heavy atom. The predicted molar refractivity (Wildman–Crippen MR) is 486 cm³/mol. The number of nitrogens with one attached hydrogen (secondary N) is 7. The molecule has 3 unspecified atom stereocenters. The number of ether oxygens (including phenoxy) is 3. The van der Waals surface area contributed by atoms with Crippen LogP contribution in [-0.4, -0.2) is 154 Å². The Bertz CT molecular complexity index is 6560. The molecule has 0 radical (unpaired) electrons. The van der Waals surface area contributed by atoms with Crippen LogP contribution in [0.3, 0.4) is 0 Å². The molecule has 36 nitrogen and oxygen atoms in total. The van der Waals surface area contributed by atoms with Crippen molar-refractivity contribution in [1.29, 1.82) is 0 Å². The van der Waals surface area contributed by atoms with Gasteiger partial charge in [-0.1, -0.05) is 143 Å². The Balaban J connectivity index is 0.000000139. The lowest BCUT2D eigenvalue weighted by atomic mass is 9.89. The van der Waals surface area contributed by atoms with Crippen LogP contribution in [0.25, 0.3) is 0 Å². The van der Waals surface area contributed by atoms with Crippen LogP contribution in [-0.2, 0) is 57.4 Å². The van der Waals surface area contributed by atoms with Gasteiger partial charge in [-0.2, -0.15) is 0 Å². The van der Waals surface area contributed by atoms with Crippen molar-refractivity contribution in [2.45, 2.75) is 122 Å². The standard InChI is InChI=1S/C24H23ClN6O4.C20H19BrClN3O4.C19H15ClN6O2.C14H17NO3.C6H4BrClN2O2.C4H5N3/c1-23(2,3)35-22(34)30-11-14-6-4-5-7-15(14)24(12-30)29-20(32)19-16(25)10-17(21(33)31(19)24)28-18-8-9-26-13-27-18;1-19(2,3)29-18(28)24-9-11-6-4-5-7-12(11)20(10-24)23-16(26)15-14(22)8-13(21)17(27)25(15)20;20-13-7-14(24-15-5-6-21-10-23-15)18(28)26-16(13)17(27)25-19(26)9-22-8-11-3-1-2-4-12(11)19;1-14(2,3)18-13(17)15-8-10-6-4-5-7-11(10)12(16)9-15;7-2-1-3(8)4(5(9)11)10-6(2)12;5-4-1-2-6-3-7-4/h4-10,13H,11-12H2,1-3H3,(H,29,32)(H,26,27,28);4-8H,9-10H2,1-3H3,(H,23,26);1-7,10,22H,8-9H2,(H,25,27)(H,21,23,24);4-7H,8-9H2,1-3H3;1H,(H2,9,11)(H,10,12);1-3H,(H2,5,6,7). The fourth-order valence-electron chi connectivity index (χ4n) is 15.2. The van der Waals surface area contributed by atoms with Crippen molar-refractivity contribution < 1.29 is 52.6 Å². The number of nitrogen functional groups attached to an aromatic ring is 1. The van der Waals surface area contributed by atoms with Gasteiger partial charge in [0.15, 0.2) is 22.8 Å². The molecule has 3 atom stereocenters. The van der Waals surface area contributed by atoms with Gasteiger partial charge in [-0.25, -0.2) is 44.3 Å². The van der Waals surface area contributed by atoms with Crippen molar-refractivity contribution in [2.75, 3.05) is 42.5 Å². The van der Waals surface area contributed by atoms with Gasteiger partial charge in [0, 0.05) is 67.0 Å². The lowest BCUT2D eigenvalue weighted by molar-refractivity contribution is 0.0116. The number of primary amides is 1. The van der Waals surface area contributed by atoms with E-state index in [4.69, 9.17) is 72.1 Å². The lowest BCUT2D eigenvalue weighted by Crippen LogP contribution is -2.59. The van der Waals surface area contributed by atoms with Crippen LogP contribution >= 0.6 is 78.3 Å². The van der Waals surface area contributed by atoms with Gasteiger partial charge in [-0.3, -0.25) is 71.6 Å². The molecule has 0 aliphatic carbocycles. The molecule has 0 saturated carbocycles. The number of H-pyrrole nitrogens is 1. The third kappa shape index (κ3) is 20.1. The summed E-state index contributed by atoms with van der Waals surface area (Å²) in [6, 6.07) is 40.3. The zero-order chi connectivity index (χ0) is 93.1. The second-order valence-corrected chi connectivity index (χ2v) is 36.2. The number of halogens is 6. The van der Waals surface area contributed by atoms with Gasteiger partial charge in [0.25, 0.3) is 45.9 Å². The molecular formula is C87H83Br2Cl4N21O15. The van der Waals surface area contributed by atoms with Crippen LogP contribution in [0.15, 0.2) is 205 Å². The molecular weight excluding hydrogens is 1880 g/mol. The minimum Gasteiger partial charge on any atom is -0.444 e. The van der Waals surface area contributed by atoms with Crippen molar-refractivity contribution in [2.24, 2.45) is 5.73 Å². The maximum absolute atomic E-state index is 13.8. The number of carbonyl (C=O) groups excluding carboxylic acids is 8. The van der Waals surface area contributed by atoms with Crippen LogP contribution < -0.4 is 65.6 Å². The molecule has 18 rings (SSSR count). The minimum atomic E-state index is -1.37. The van der Waals surface area contributed by atoms with Crippen LogP contribution in [0, 0.1) is 0 Å². The number of anilines is 5. The van der Waals surface area contributed by atoms with E-state index in [2.05, 4.69) is 98.6 Å². The first-order chi connectivity index (χ1) is 61.0. The van der Waals surface area contributed by atoms with Crippen molar-refractivity contribution in [3.05, 3.63) is 315 Å². The fourth-order valence-corrected chi connectivity index (χ4v) is 17.2. The first-order valence-electron chi connectivity index (χ1n) is 39.5. The number of hydrogen-bond acceptors (Lipinski definition) is 25. The predicted octanol–water partition coefficient (Wildman–Crippen LogP) is 11.8. The molecule has 0 bridgehead atoms. The van der Waals surface area contributed by atoms with Crippen molar-refractivity contribution in [1.82, 2.24) is 84.6 Å². The molecule has 7 aliphatic heterocycles. The quantitative estimate of drug-likeness (QED) is 0.0723. The largest absolute Gasteiger partial charge is 0.444 e. The summed E-state index contributed by atoms with van der Waals surface area (Å²) in [7, 11) is 0. The van der Waals surface area contributed by atoms with Gasteiger partial charge in [-0.05, 0) is 159 Å². The Morgan fingerprint density at radius 3 is 1.28 bits per heavy atom. The number of amides is 7. The van der Waals surface area contributed by atoms with Gasteiger partial charge in [0.05, 0.1) is 55.2 Å². The summed E-state index contributed by atoms with van der Waals surface area (Å²) in [6.45, 7) is 18.2. The molecule has 3 spiro atoms. The number of fused-ring (bicyclic) bond motifs is 13. The van der Waals surface area contributed by atoms with Crippen molar-refractivity contribution in [3.8, 4) is 0 Å². The highest BCUT2D eigenvalue weighted by atomic mass is 79.9. The molecule has 668 valence electrons. The number of benzene rings is 4. The summed E-state index contributed by atoms with van der Waals surface area (Å²) in [6.07, 6.45) is 7.32. The van der Waals surface area contributed by atoms with E-state index in [-0.39, 0.29) is 107 Å². The Kier molecular flexibility index (Phi) is 27.2. The van der Waals surface area contributed by atoms with Crippen LogP contribution in [0.2, 0.25) is 20.1 Å². The Hall–Kier alpha value is -13.2. The number of carbonyl (C=O) groups is 8. The van der Waals surface area contributed by atoms with E-state index in [1.807, 2.05) is 112 Å². The summed E-state index contributed by atoms with van der Waals surface area (Å²) >= 11 is 31.0. The lowest BCUT2D eigenvalue weighted by Gasteiger charge is -2.42. The van der Waals surface area contributed by atoms with E-state index in [0.717, 1.165) is 33.4 Å². The maximum Gasteiger partial charge on any atom is 0.411 e. The van der Waals surface area contributed by atoms with Crippen LogP contribution in [0.1, 0.15) is 154 Å². The topological polar surface area (TPSA) is 474 Å². The number of Topliss-reactive ketones (excluding diaryl/α,β-unsaturated/α-hetero) is 1. The number of hydrogen-bond donors (Lipinski definition) is 9. The number of nitrogens with zero attached hydrogens (tertiary/aromatic N) is 12. The first kappa shape index (κ1) is 93.4. The monoisotopic (exact) mass is 1960 g/mol. The Labute approximate surface area is 772 Å². The van der Waals surface area contributed by atoms with E-state index in [0.29, 0.717) is 54.8 Å². The molecule has 7 aliphatic rings. The highest BCUT2D eigenvalue weighted by Crippen LogP contribution is 2.43. The highest BCUT2D eigenvalue weighted by Gasteiger charge is 2.55. The summed E-state index contributed by atoms with van der Waals surface area (Å²) in [5.74, 6) is -0.810. The van der Waals surface area contributed by atoms with Gasteiger partial charge >= 0.3 is 18.3 Å². The number of rotatable bonds is 5. The van der Waals surface area contributed by atoms with Crippen LogP contribution in [0.4, 0.5) is 43.2 Å². The van der Waals surface area contributed by atoms with Gasteiger partial charge in [-0.15, -0.1) is 0 Å². The molecule has 0 saturated heterocycles. The van der Waals surface area contributed by atoms with E-state index >= 15 is 0 Å². The number of aromatic amines is 1. The second-order valence-electron chi connectivity index (χ2n) is 32.8. The van der Waals surface area contributed by atoms with E-state index in [1.165, 1.54) is 77.8 Å². The number of pyridine rings is 4. The third-order valence-electron chi connectivity index (χ3n) is 20.3.